The van der Waals surface area contributed by atoms with E-state index in [1.165, 1.54) is 12.8 Å². The number of methoxy groups -OCH3 is 1. The second kappa shape index (κ2) is 8.53. The topological polar surface area (TPSA) is 53.6 Å². The van der Waals surface area contributed by atoms with Gasteiger partial charge in [0.15, 0.2) is 0 Å². The molecule has 0 radical (unpaired) electrons. The average Bonchev–Trinajstić information content (AvgIpc) is 3.17. The highest BCUT2D eigenvalue weighted by Crippen LogP contribution is 2.31. The Balaban J connectivity index is 1.69. The minimum atomic E-state index is -0.190. The molecule has 1 fully saturated rings. The number of anilines is 1. The van der Waals surface area contributed by atoms with Crippen molar-refractivity contribution in [3.63, 3.8) is 0 Å². The van der Waals surface area contributed by atoms with E-state index in [2.05, 4.69) is 21.6 Å². The number of ether oxygens (including phenoxy) is 1. The number of hydrogen-bond acceptors (Lipinski definition) is 3. The van der Waals surface area contributed by atoms with Crippen LogP contribution >= 0.6 is 0 Å². The lowest BCUT2D eigenvalue weighted by Crippen LogP contribution is -2.38. The fourth-order valence-electron chi connectivity index (χ4n) is 3.32. The largest absolute Gasteiger partial charge is 0.496 e. The number of carbonyl (C=O) groups excluding carboxylic acids is 1. The Kier molecular flexibility index (Phi) is 5.90. The second-order valence-corrected chi connectivity index (χ2v) is 6.20. The first-order valence-electron chi connectivity index (χ1n) is 8.75. The lowest BCUT2D eigenvalue weighted by Gasteiger charge is -2.29. The number of para-hydroxylation sites is 2. The summed E-state index contributed by atoms with van der Waals surface area (Å²) >= 11 is 0. The van der Waals surface area contributed by atoms with Gasteiger partial charge in [-0.05, 0) is 44.1 Å². The Hall–Kier alpha value is -2.53. The number of carbonyl (C=O) groups is 1. The third kappa shape index (κ3) is 4.51. The van der Waals surface area contributed by atoms with Gasteiger partial charge in [0.05, 0.1) is 13.2 Å². The van der Waals surface area contributed by atoms with E-state index in [1.54, 1.807) is 7.11 Å². The Labute approximate surface area is 149 Å². The van der Waals surface area contributed by atoms with E-state index >= 15 is 0 Å². The molecule has 0 bridgehead atoms. The lowest BCUT2D eigenvalue weighted by atomic mass is 10.0. The Bertz CT molecular complexity index is 684. The van der Waals surface area contributed by atoms with E-state index in [4.69, 9.17) is 4.74 Å². The zero-order valence-electron chi connectivity index (χ0n) is 14.6. The molecule has 1 atom stereocenters. The van der Waals surface area contributed by atoms with Crippen LogP contribution in [-0.4, -0.2) is 37.7 Å². The maximum atomic E-state index is 12.2. The third-order valence-corrected chi connectivity index (χ3v) is 4.57. The summed E-state index contributed by atoms with van der Waals surface area (Å²) in [6.07, 6.45) is 2.39. The molecule has 0 saturated carbocycles. The van der Waals surface area contributed by atoms with Crippen LogP contribution in [0.1, 0.15) is 24.4 Å². The maximum Gasteiger partial charge on any atom is 0.319 e. The summed E-state index contributed by atoms with van der Waals surface area (Å²) in [4.78, 5) is 14.7. The zero-order chi connectivity index (χ0) is 17.5. The van der Waals surface area contributed by atoms with Gasteiger partial charge in [0.1, 0.15) is 5.75 Å². The van der Waals surface area contributed by atoms with Crippen LogP contribution in [-0.2, 0) is 0 Å². The molecule has 1 aliphatic rings. The highest BCUT2D eigenvalue weighted by Gasteiger charge is 2.26. The van der Waals surface area contributed by atoms with E-state index < -0.39 is 0 Å². The smallest absolute Gasteiger partial charge is 0.319 e. The van der Waals surface area contributed by atoms with Crippen molar-refractivity contribution < 1.29 is 9.53 Å². The molecule has 2 N–H and O–H groups in total. The molecule has 1 aliphatic heterocycles. The summed E-state index contributed by atoms with van der Waals surface area (Å²) in [5, 5.41) is 5.88. The molecule has 0 aliphatic carbocycles. The fraction of sp³-hybridized carbons (Fsp3) is 0.350. The quantitative estimate of drug-likeness (QED) is 0.844. The van der Waals surface area contributed by atoms with Crippen LogP contribution in [0.3, 0.4) is 0 Å². The molecular weight excluding hydrogens is 314 g/mol. The third-order valence-electron chi connectivity index (χ3n) is 4.57. The van der Waals surface area contributed by atoms with E-state index in [0.29, 0.717) is 6.54 Å². The van der Waals surface area contributed by atoms with Crippen LogP contribution < -0.4 is 15.4 Å². The molecule has 0 aromatic heterocycles. The molecule has 2 aromatic carbocycles. The highest BCUT2D eigenvalue weighted by atomic mass is 16.5. The van der Waals surface area contributed by atoms with Gasteiger partial charge in [0.2, 0.25) is 0 Å². The van der Waals surface area contributed by atoms with Crippen molar-refractivity contribution >= 4 is 11.7 Å². The lowest BCUT2D eigenvalue weighted by molar-refractivity contribution is 0.224. The molecule has 3 rings (SSSR count). The predicted octanol–water partition coefficient (Wildman–Crippen LogP) is 3.65. The van der Waals surface area contributed by atoms with Gasteiger partial charge >= 0.3 is 6.03 Å². The Morgan fingerprint density at radius 3 is 2.48 bits per heavy atom. The molecule has 5 heteroatoms. The average molecular weight is 339 g/mol. The van der Waals surface area contributed by atoms with Crippen LogP contribution in [0, 0.1) is 0 Å². The molecule has 132 valence electrons. The van der Waals surface area contributed by atoms with Gasteiger partial charge in [0.25, 0.3) is 0 Å². The van der Waals surface area contributed by atoms with Gasteiger partial charge in [-0.2, -0.15) is 0 Å². The number of hydrogen-bond donors (Lipinski definition) is 2. The summed E-state index contributed by atoms with van der Waals surface area (Å²) in [5.74, 6) is 0.865. The van der Waals surface area contributed by atoms with E-state index in [0.717, 1.165) is 30.1 Å². The van der Waals surface area contributed by atoms with Crippen molar-refractivity contribution in [2.45, 2.75) is 18.9 Å². The number of likely N-dealkylation sites (tertiary alicyclic amines) is 1. The van der Waals surface area contributed by atoms with Crippen molar-refractivity contribution in [3.05, 3.63) is 60.2 Å². The normalized spacial score (nSPS) is 15.6. The minimum absolute atomic E-state index is 0.111. The summed E-state index contributed by atoms with van der Waals surface area (Å²) in [6, 6.07) is 17.4. The molecule has 25 heavy (non-hydrogen) atoms. The van der Waals surface area contributed by atoms with Crippen LogP contribution in [0.15, 0.2) is 54.6 Å². The number of rotatable bonds is 6. The van der Waals surface area contributed by atoms with Gasteiger partial charge in [-0.25, -0.2) is 4.79 Å². The number of nitrogens with zero attached hydrogens (tertiary/aromatic N) is 1. The summed E-state index contributed by atoms with van der Waals surface area (Å²) in [6.45, 7) is 2.63. The fourth-order valence-corrected chi connectivity index (χ4v) is 3.32. The first-order chi connectivity index (χ1) is 12.3. The minimum Gasteiger partial charge on any atom is -0.496 e. The molecule has 2 aromatic rings. The monoisotopic (exact) mass is 339 g/mol. The van der Waals surface area contributed by atoms with Crippen molar-refractivity contribution in [2.75, 3.05) is 32.1 Å². The van der Waals surface area contributed by atoms with Gasteiger partial charge < -0.3 is 15.4 Å². The van der Waals surface area contributed by atoms with Gasteiger partial charge in [-0.1, -0.05) is 36.4 Å². The molecule has 0 unspecified atom stereocenters. The number of nitrogens with one attached hydrogen (secondary N) is 2. The predicted molar refractivity (Wildman–Crippen MR) is 100 cm³/mol. The first kappa shape index (κ1) is 17.3. The second-order valence-electron chi connectivity index (χ2n) is 6.20. The first-order valence-corrected chi connectivity index (χ1v) is 8.75. The molecule has 1 saturated heterocycles. The maximum absolute atomic E-state index is 12.2. The Morgan fingerprint density at radius 2 is 1.76 bits per heavy atom. The van der Waals surface area contributed by atoms with Gasteiger partial charge in [0, 0.05) is 17.8 Å². The molecular formula is C20H25N3O2. The van der Waals surface area contributed by atoms with Gasteiger partial charge in [-0.3, -0.25) is 4.90 Å². The van der Waals surface area contributed by atoms with E-state index in [1.807, 2.05) is 48.5 Å². The summed E-state index contributed by atoms with van der Waals surface area (Å²) in [5.41, 5.74) is 1.90. The van der Waals surface area contributed by atoms with Gasteiger partial charge in [-0.15, -0.1) is 0 Å². The molecule has 0 spiro atoms. The van der Waals surface area contributed by atoms with Crippen molar-refractivity contribution in [3.8, 4) is 5.75 Å². The molecule has 2 amide bonds. The number of benzene rings is 2. The van der Waals surface area contributed by atoms with Crippen LogP contribution in [0.5, 0.6) is 5.75 Å². The molecule has 1 heterocycles. The number of amides is 2. The van der Waals surface area contributed by atoms with Crippen molar-refractivity contribution in [1.29, 1.82) is 0 Å². The van der Waals surface area contributed by atoms with Crippen molar-refractivity contribution in [1.82, 2.24) is 10.2 Å². The standard InChI is InChI=1S/C20H25N3O2/c1-25-19-12-6-5-11-17(19)18(23-13-7-8-14-23)15-21-20(24)22-16-9-3-2-4-10-16/h2-6,9-12,18H,7-8,13-15H2,1H3,(H2,21,22,24)/t18-/m1/s1. The van der Waals surface area contributed by atoms with Crippen LogP contribution in [0.25, 0.3) is 0 Å². The number of urea groups is 1. The summed E-state index contributed by atoms with van der Waals surface area (Å²) in [7, 11) is 1.69. The van der Waals surface area contributed by atoms with E-state index in [-0.39, 0.29) is 12.1 Å². The SMILES string of the molecule is COc1ccccc1[C@@H](CNC(=O)Nc1ccccc1)N1CCCC1. The van der Waals surface area contributed by atoms with E-state index in [9.17, 15) is 4.79 Å². The van der Waals surface area contributed by atoms with Crippen LogP contribution in [0.2, 0.25) is 0 Å². The Morgan fingerprint density at radius 1 is 1.08 bits per heavy atom. The molecule has 5 nitrogen and oxygen atoms in total. The highest BCUT2D eigenvalue weighted by molar-refractivity contribution is 5.89. The van der Waals surface area contributed by atoms with Crippen molar-refractivity contribution in [2.24, 2.45) is 0 Å². The van der Waals surface area contributed by atoms with Crippen LogP contribution in [0.4, 0.5) is 10.5 Å². The summed E-state index contributed by atoms with van der Waals surface area (Å²) < 4.78 is 5.53. The zero-order valence-corrected chi connectivity index (χ0v) is 14.6.